The van der Waals surface area contributed by atoms with Crippen molar-refractivity contribution >= 4 is 28.8 Å². The van der Waals surface area contributed by atoms with E-state index in [0.29, 0.717) is 28.9 Å². The summed E-state index contributed by atoms with van der Waals surface area (Å²) in [5, 5.41) is 4.67. The van der Waals surface area contributed by atoms with Crippen molar-refractivity contribution in [3.63, 3.8) is 0 Å². The van der Waals surface area contributed by atoms with Crippen LogP contribution in [0.5, 0.6) is 5.75 Å². The first-order chi connectivity index (χ1) is 8.66. The average Bonchev–Trinajstić information content (AvgIpc) is 2.75. The maximum atomic E-state index is 5.77. The predicted octanol–water partition coefficient (Wildman–Crippen LogP) is 2.25. The second-order valence-corrected chi connectivity index (χ2v) is 4.51. The number of thiocarbonyl (C=S) groups is 1. The summed E-state index contributed by atoms with van der Waals surface area (Å²) in [5.74, 6) is 0.684. The molecule has 2 rings (SSSR count). The topological polar surface area (TPSA) is 53.1 Å². The fraction of sp³-hybridized carbons (Fsp3) is 0.167. The first-order valence-corrected chi connectivity index (χ1v) is 6.15. The molecule has 0 bridgehead atoms. The van der Waals surface area contributed by atoms with Crippen molar-refractivity contribution in [3.05, 3.63) is 47.2 Å². The molecule has 18 heavy (non-hydrogen) atoms. The third-order valence-corrected chi connectivity index (χ3v) is 2.75. The van der Waals surface area contributed by atoms with Gasteiger partial charge in [-0.05, 0) is 12.1 Å². The highest BCUT2D eigenvalue weighted by atomic mass is 35.5. The molecule has 1 heterocycles. The molecule has 0 radical (unpaired) electrons. The molecule has 0 aliphatic heterocycles. The van der Waals surface area contributed by atoms with Crippen LogP contribution >= 0.6 is 23.8 Å². The molecular formula is C12H12ClN3OS. The zero-order valence-electron chi connectivity index (χ0n) is 9.54. The Balaban J connectivity index is 1.96. The third kappa shape index (κ3) is 3.21. The summed E-state index contributed by atoms with van der Waals surface area (Å²) < 4.78 is 7.35. The molecule has 0 unspecified atom stereocenters. The SMILES string of the molecule is NC(=S)c1ccccc1OCCn1cc(Cl)cn1. The van der Waals surface area contributed by atoms with E-state index in [4.69, 9.17) is 34.3 Å². The van der Waals surface area contributed by atoms with Crippen LogP contribution in [0, 0.1) is 0 Å². The van der Waals surface area contributed by atoms with Gasteiger partial charge in [0.1, 0.15) is 17.3 Å². The molecular weight excluding hydrogens is 270 g/mol. The molecule has 0 atom stereocenters. The van der Waals surface area contributed by atoms with Crippen LogP contribution in [-0.2, 0) is 6.54 Å². The lowest BCUT2D eigenvalue weighted by molar-refractivity contribution is 0.291. The molecule has 0 aliphatic rings. The lowest BCUT2D eigenvalue weighted by atomic mass is 10.2. The quantitative estimate of drug-likeness (QED) is 0.854. The molecule has 4 nitrogen and oxygen atoms in total. The van der Waals surface area contributed by atoms with Crippen LogP contribution in [0.2, 0.25) is 5.02 Å². The van der Waals surface area contributed by atoms with Crippen molar-refractivity contribution in [1.82, 2.24) is 9.78 Å². The molecule has 0 saturated carbocycles. The Bertz CT molecular complexity index is 556. The van der Waals surface area contributed by atoms with Crippen LogP contribution < -0.4 is 10.5 Å². The number of halogens is 1. The normalized spacial score (nSPS) is 10.3. The van der Waals surface area contributed by atoms with Gasteiger partial charge >= 0.3 is 0 Å². The first kappa shape index (κ1) is 12.9. The second-order valence-electron chi connectivity index (χ2n) is 3.63. The Morgan fingerprint density at radius 3 is 2.89 bits per heavy atom. The number of nitrogens with two attached hydrogens (primary N) is 1. The number of aromatic nitrogens is 2. The van der Waals surface area contributed by atoms with Crippen LogP contribution in [0.25, 0.3) is 0 Å². The van der Waals surface area contributed by atoms with Crippen molar-refractivity contribution in [2.75, 3.05) is 6.61 Å². The van der Waals surface area contributed by atoms with E-state index in [-0.39, 0.29) is 0 Å². The van der Waals surface area contributed by atoms with Crippen molar-refractivity contribution in [3.8, 4) is 5.75 Å². The molecule has 0 aliphatic carbocycles. The minimum atomic E-state index is 0.327. The summed E-state index contributed by atoms with van der Waals surface area (Å²) in [4.78, 5) is 0.327. The number of para-hydroxylation sites is 1. The highest BCUT2D eigenvalue weighted by molar-refractivity contribution is 7.80. The molecule has 0 saturated heterocycles. The molecule has 0 fully saturated rings. The van der Waals surface area contributed by atoms with E-state index in [0.717, 1.165) is 5.56 Å². The van der Waals surface area contributed by atoms with Gasteiger partial charge in [-0.1, -0.05) is 36.0 Å². The van der Waals surface area contributed by atoms with Gasteiger partial charge in [-0.3, -0.25) is 4.68 Å². The minimum Gasteiger partial charge on any atom is -0.491 e. The van der Waals surface area contributed by atoms with Crippen molar-refractivity contribution in [1.29, 1.82) is 0 Å². The van der Waals surface area contributed by atoms with E-state index in [9.17, 15) is 0 Å². The van der Waals surface area contributed by atoms with Crippen LogP contribution in [0.3, 0.4) is 0 Å². The van der Waals surface area contributed by atoms with E-state index >= 15 is 0 Å². The standard InChI is InChI=1S/C12H12ClN3OS/c13-9-7-15-16(8-9)5-6-17-11-4-2-1-3-10(11)12(14)18/h1-4,7-8H,5-6H2,(H2,14,18). The lowest BCUT2D eigenvalue weighted by Crippen LogP contribution is -2.14. The highest BCUT2D eigenvalue weighted by Gasteiger charge is 2.05. The van der Waals surface area contributed by atoms with Crippen molar-refractivity contribution in [2.24, 2.45) is 5.73 Å². The number of hydrogen-bond donors (Lipinski definition) is 1. The number of hydrogen-bond acceptors (Lipinski definition) is 3. The summed E-state index contributed by atoms with van der Waals surface area (Å²) in [7, 11) is 0. The molecule has 1 aromatic heterocycles. The number of rotatable bonds is 5. The smallest absolute Gasteiger partial charge is 0.129 e. The van der Waals surface area contributed by atoms with Crippen LogP contribution in [0.15, 0.2) is 36.7 Å². The fourth-order valence-corrected chi connectivity index (χ4v) is 1.83. The van der Waals surface area contributed by atoms with Crippen molar-refractivity contribution in [2.45, 2.75) is 6.54 Å². The molecule has 1 aromatic carbocycles. The Labute approximate surface area is 115 Å². The van der Waals surface area contributed by atoms with Gasteiger partial charge in [0, 0.05) is 6.20 Å². The monoisotopic (exact) mass is 281 g/mol. The van der Waals surface area contributed by atoms with E-state index in [1.807, 2.05) is 24.3 Å². The molecule has 6 heteroatoms. The second kappa shape index (κ2) is 5.84. The van der Waals surface area contributed by atoms with Gasteiger partial charge in [0.05, 0.1) is 23.3 Å². The Kier molecular flexibility index (Phi) is 4.17. The molecule has 0 amide bonds. The van der Waals surface area contributed by atoms with Crippen LogP contribution in [-0.4, -0.2) is 21.4 Å². The average molecular weight is 282 g/mol. The Hall–Kier alpha value is -1.59. The maximum absolute atomic E-state index is 5.77. The third-order valence-electron chi connectivity index (χ3n) is 2.33. The van der Waals surface area contributed by atoms with E-state index in [1.54, 1.807) is 17.1 Å². The fourth-order valence-electron chi connectivity index (χ4n) is 1.51. The maximum Gasteiger partial charge on any atom is 0.129 e. The minimum absolute atomic E-state index is 0.327. The summed E-state index contributed by atoms with van der Waals surface area (Å²) in [6.45, 7) is 1.08. The number of benzene rings is 1. The van der Waals surface area contributed by atoms with E-state index in [2.05, 4.69) is 5.10 Å². The van der Waals surface area contributed by atoms with Gasteiger partial charge in [-0.25, -0.2) is 0 Å². The predicted molar refractivity (Wildman–Crippen MR) is 75.1 cm³/mol. The van der Waals surface area contributed by atoms with Crippen LogP contribution in [0.4, 0.5) is 0 Å². The Morgan fingerprint density at radius 2 is 2.22 bits per heavy atom. The lowest BCUT2D eigenvalue weighted by Gasteiger charge is -2.10. The molecule has 2 N–H and O–H groups in total. The molecule has 0 spiro atoms. The molecule has 94 valence electrons. The summed E-state index contributed by atoms with van der Waals surface area (Å²) >= 11 is 10.7. The van der Waals surface area contributed by atoms with Gasteiger partial charge in [0.2, 0.25) is 0 Å². The zero-order valence-corrected chi connectivity index (χ0v) is 11.1. The summed E-state index contributed by atoms with van der Waals surface area (Å²) in [5.41, 5.74) is 6.36. The van der Waals surface area contributed by atoms with Gasteiger partial charge in [-0.15, -0.1) is 0 Å². The first-order valence-electron chi connectivity index (χ1n) is 5.36. The van der Waals surface area contributed by atoms with Gasteiger partial charge in [0.25, 0.3) is 0 Å². The van der Waals surface area contributed by atoms with Gasteiger partial charge in [-0.2, -0.15) is 5.10 Å². The Morgan fingerprint density at radius 1 is 1.44 bits per heavy atom. The highest BCUT2D eigenvalue weighted by Crippen LogP contribution is 2.17. The zero-order chi connectivity index (χ0) is 13.0. The summed E-state index contributed by atoms with van der Waals surface area (Å²) in [6, 6.07) is 7.42. The largest absolute Gasteiger partial charge is 0.491 e. The number of nitrogens with zero attached hydrogens (tertiary/aromatic N) is 2. The van der Waals surface area contributed by atoms with E-state index in [1.165, 1.54) is 0 Å². The van der Waals surface area contributed by atoms with Crippen molar-refractivity contribution < 1.29 is 4.74 Å². The van der Waals surface area contributed by atoms with Gasteiger partial charge < -0.3 is 10.5 Å². The summed E-state index contributed by atoms with van der Waals surface area (Å²) in [6.07, 6.45) is 3.33. The van der Waals surface area contributed by atoms with E-state index < -0.39 is 0 Å². The number of ether oxygens (including phenoxy) is 1. The van der Waals surface area contributed by atoms with Gasteiger partial charge in [0.15, 0.2) is 0 Å². The molecule has 2 aromatic rings. The van der Waals surface area contributed by atoms with Crippen LogP contribution in [0.1, 0.15) is 5.56 Å².